The van der Waals surface area contributed by atoms with Gasteiger partial charge in [-0.3, -0.25) is 0 Å². The van der Waals surface area contributed by atoms with Gasteiger partial charge in [-0.05, 0) is 49.8 Å². The van der Waals surface area contributed by atoms with Gasteiger partial charge in [-0.1, -0.05) is 12.1 Å². The van der Waals surface area contributed by atoms with Crippen molar-refractivity contribution in [3.63, 3.8) is 0 Å². The molecular formula is C15H20FNO. The number of halogens is 1. The molecule has 2 fully saturated rings. The van der Waals surface area contributed by atoms with Crippen molar-refractivity contribution >= 4 is 0 Å². The van der Waals surface area contributed by atoms with Crippen LogP contribution in [0.2, 0.25) is 0 Å². The van der Waals surface area contributed by atoms with Crippen LogP contribution in [-0.2, 0) is 4.74 Å². The summed E-state index contributed by atoms with van der Waals surface area (Å²) in [5.41, 5.74) is 0.954. The van der Waals surface area contributed by atoms with Crippen LogP contribution in [0.25, 0.3) is 0 Å². The highest BCUT2D eigenvalue weighted by Gasteiger charge is 2.26. The second-order valence-electron chi connectivity index (χ2n) is 5.42. The number of hydrogen-bond acceptors (Lipinski definition) is 2. The van der Waals surface area contributed by atoms with E-state index in [1.807, 2.05) is 6.07 Å². The van der Waals surface area contributed by atoms with Gasteiger partial charge in [-0.25, -0.2) is 4.39 Å². The van der Waals surface area contributed by atoms with E-state index in [9.17, 15) is 4.39 Å². The van der Waals surface area contributed by atoms with E-state index < -0.39 is 0 Å². The third-order valence-electron chi connectivity index (χ3n) is 3.80. The molecular weight excluding hydrogens is 229 g/mol. The van der Waals surface area contributed by atoms with Crippen molar-refractivity contribution < 1.29 is 9.13 Å². The molecule has 1 N–H and O–H groups in total. The molecule has 1 unspecified atom stereocenters. The van der Waals surface area contributed by atoms with Crippen LogP contribution in [0.4, 0.5) is 4.39 Å². The van der Waals surface area contributed by atoms with Crippen LogP contribution in [-0.4, -0.2) is 18.7 Å². The molecule has 0 aliphatic heterocycles. The van der Waals surface area contributed by atoms with Gasteiger partial charge in [-0.2, -0.15) is 0 Å². The van der Waals surface area contributed by atoms with E-state index >= 15 is 0 Å². The fraction of sp³-hybridized carbons (Fsp3) is 0.600. The monoisotopic (exact) mass is 249 g/mol. The highest BCUT2D eigenvalue weighted by atomic mass is 19.1. The molecule has 0 heterocycles. The van der Waals surface area contributed by atoms with E-state index in [-0.39, 0.29) is 11.9 Å². The molecule has 2 saturated carbocycles. The predicted molar refractivity (Wildman–Crippen MR) is 68.9 cm³/mol. The first-order valence-corrected chi connectivity index (χ1v) is 6.95. The Bertz CT molecular complexity index is 401. The molecule has 2 aliphatic rings. The van der Waals surface area contributed by atoms with Gasteiger partial charge in [0.05, 0.1) is 12.2 Å². The lowest BCUT2D eigenvalue weighted by atomic mass is 9.95. The van der Waals surface area contributed by atoms with Gasteiger partial charge >= 0.3 is 0 Å². The molecule has 2 aliphatic carbocycles. The van der Waals surface area contributed by atoms with Gasteiger partial charge in [0, 0.05) is 12.6 Å². The second-order valence-corrected chi connectivity index (χ2v) is 5.42. The first-order chi connectivity index (χ1) is 8.81. The van der Waals surface area contributed by atoms with Gasteiger partial charge in [0.2, 0.25) is 0 Å². The number of ether oxygens (including phenoxy) is 1. The Morgan fingerprint density at radius 1 is 1.28 bits per heavy atom. The van der Waals surface area contributed by atoms with Crippen molar-refractivity contribution in [2.45, 2.75) is 50.4 Å². The van der Waals surface area contributed by atoms with Gasteiger partial charge in [0.15, 0.2) is 0 Å². The Labute approximate surface area is 108 Å². The van der Waals surface area contributed by atoms with Crippen LogP contribution in [0.3, 0.4) is 0 Å². The summed E-state index contributed by atoms with van der Waals surface area (Å²) in [7, 11) is 0. The lowest BCUT2D eigenvalue weighted by Gasteiger charge is -2.31. The van der Waals surface area contributed by atoms with E-state index in [0.29, 0.717) is 12.1 Å². The minimum absolute atomic E-state index is 0.00778. The summed E-state index contributed by atoms with van der Waals surface area (Å²) in [4.78, 5) is 0. The third kappa shape index (κ3) is 3.09. The molecule has 1 atom stereocenters. The zero-order valence-electron chi connectivity index (χ0n) is 10.6. The summed E-state index contributed by atoms with van der Waals surface area (Å²) >= 11 is 0. The lowest BCUT2D eigenvalue weighted by Crippen LogP contribution is -2.31. The SMILES string of the molecule is Fc1cccc(C(CNC2CC2)OC2CCC2)c1. The number of rotatable bonds is 6. The molecule has 0 aromatic heterocycles. The van der Waals surface area contributed by atoms with Crippen LogP contribution in [0.15, 0.2) is 24.3 Å². The Kier molecular flexibility index (Phi) is 3.62. The molecule has 0 spiro atoms. The zero-order chi connectivity index (χ0) is 12.4. The average molecular weight is 249 g/mol. The molecule has 3 heteroatoms. The first-order valence-electron chi connectivity index (χ1n) is 6.95. The first kappa shape index (κ1) is 12.1. The summed E-state index contributed by atoms with van der Waals surface area (Å²) in [6.07, 6.45) is 6.45. The van der Waals surface area contributed by atoms with Crippen molar-refractivity contribution in [2.75, 3.05) is 6.54 Å². The van der Waals surface area contributed by atoms with Crippen molar-refractivity contribution in [1.82, 2.24) is 5.32 Å². The topological polar surface area (TPSA) is 21.3 Å². The number of benzene rings is 1. The van der Waals surface area contributed by atoms with Crippen LogP contribution in [0.1, 0.15) is 43.8 Å². The van der Waals surface area contributed by atoms with E-state index in [1.165, 1.54) is 25.3 Å². The third-order valence-corrected chi connectivity index (χ3v) is 3.80. The molecule has 18 heavy (non-hydrogen) atoms. The molecule has 1 aromatic carbocycles. The highest BCUT2D eigenvalue weighted by Crippen LogP contribution is 2.29. The fourth-order valence-corrected chi connectivity index (χ4v) is 2.25. The summed E-state index contributed by atoms with van der Waals surface area (Å²) < 4.78 is 19.4. The molecule has 0 bridgehead atoms. The maximum Gasteiger partial charge on any atom is 0.123 e. The maximum atomic E-state index is 13.3. The van der Waals surface area contributed by atoms with E-state index in [1.54, 1.807) is 12.1 Å². The molecule has 2 nitrogen and oxygen atoms in total. The Morgan fingerprint density at radius 3 is 2.72 bits per heavy atom. The van der Waals surface area contributed by atoms with Crippen LogP contribution in [0.5, 0.6) is 0 Å². The predicted octanol–water partition coefficient (Wildman–Crippen LogP) is 3.19. The van der Waals surface area contributed by atoms with Gasteiger partial charge in [-0.15, -0.1) is 0 Å². The summed E-state index contributed by atoms with van der Waals surface area (Å²) in [5.74, 6) is -0.180. The van der Waals surface area contributed by atoms with Crippen molar-refractivity contribution in [3.8, 4) is 0 Å². The van der Waals surface area contributed by atoms with Crippen LogP contribution < -0.4 is 5.32 Å². The maximum absolute atomic E-state index is 13.3. The molecule has 0 saturated heterocycles. The quantitative estimate of drug-likeness (QED) is 0.836. The fourth-order valence-electron chi connectivity index (χ4n) is 2.25. The standard InChI is InChI=1S/C15H20FNO/c16-12-4-1-3-11(9-12)15(10-17-13-7-8-13)18-14-5-2-6-14/h1,3-4,9,13-15,17H,2,5-8,10H2. The molecule has 98 valence electrons. The Morgan fingerprint density at radius 2 is 2.11 bits per heavy atom. The minimum Gasteiger partial charge on any atom is -0.369 e. The van der Waals surface area contributed by atoms with Crippen molar-refractivity contribution in [3.05, 3.63) is 35.6 Å². The number of nitrogens with one attached hydrogen (secondary N) is 1. The number of hydrogen-bond donors (Lipinski definition) is 1. The summed E-state index contributed by atoms with van der Waals surface area (Å²) in [5, 5.41) is 3.48. The summed E-state index contributed by atoms with van der Waals surface area (Å²) in [6, 6.07) is 7.46. The highest BCUT2D eigenvalue weighted by molar-refractivity contribution is 5.19. The van der Waals surface area contributed by atoms with Gasteiger partial charge in [0.25, 0.3) is 0 Å². The van der Waals surface area contributed by atoms with Crippen LogP contribution in [0, 0.1) is 5.82 Å². The van der Waals surface area contributed by atoms with Gasteiger partial charge in [0.1, 0.15) is 5.82 Å². The molecule has 3 rings (SSSR count). The Hall–Kier alpha value is -0.930. The molecule has 0 radical (unpaired) electrons. The van der Waals surface area contributed by atoms with Crippen molar-refractivity contribution in [2.24, 2.45) is 0 Å². The summed E-state index contributed by atoms with van der Waals surface area (Å²) in [6.45, 7) is 0.796. The van der Waals surface area contributed by atoms with Crippen LogP contribution >= 0.6 is 0 Å². The molecule has 1 aromatic rings. The normalized spacial score (nSPS) is 21.6. The zero-order valence-corrected chi connectivity index (χ0v) is 10.6. The average Bonchev–Trinajstić information content (AvgIpc) is 3.10. The van der Waals surface area contributed by atoms with E-state index in [0.717, 1.165) is 24.9 Å². The smallest absolute Gasteiger partial charge is 0.123 e. The van der Waals surface area contributed by atoms with E-state index in [2.05, 4.69) is 5.32 Å². The largest absolute Gasteiger partial charge is 0.369 e. The minimum atomic E-state index is -0.180. The van der Waals surface area contributed by atoms with Crippen molar-refractivity contribution in [1.29, 1.82) is 0 Å². The van der Waals surface area contributed by atoms with Gasteiger partial charge < -0.3 is 10.1 Å². The lowest BCUT2D eigenvalue weighted by molar-refractivity contribution is -0.0521. The Balaban J connectivity index is 1.65. The second kappa shape index (κ2) is 5.37. The van der Waals surface area contributed by atoms with E-state index in [4.69, 9.17) is 4.74 Å². The molecule has 0 amide bonds.